The first-order valence-electron chi connectivity index (χ1n) is 19.2. The standard InChI is InChI=1S/C54H35NO/c1-3-13-36(14-4-1)49-33-40(39-24-23-38-28-32-53-54(50(38)34-39)47-21-11-12-22-52(47)56-53)27-31-51(49)55(42-16-5-2-6-17-42)43-29-25-37(26-30-43)48-35-41-15-7-8-18-44(41)45-19-9-10-20-46(45)48/h1-35H. The molecule has 1 heterocycles. The van der Waals surface area contributed by atoms with Gasteiger partial charge in [0.2, 0.25) is 0 Å². The Morgan fingerprint density at radius 1 is 0.304 bits per heavy atom. The Morgan fingerprint density at radius 3 is 1.71 bits per heavy atom. The Bertz CT molecular complexity index is 3230. The number of hydrogen-bond acceptors (Lipinski definition) is 2. The van der Waals surface area contributed by atoms with Gasteiger partial charge in [-0.2, -0.15) is 0 Å². The largest absolute Gasteiger partial charge is 0.456 e. The number of benzene rings is 10. The third kappa shape index (κ3) is 5.34. The monoisotopic (exact) mass is 713 g/mol. The molecule has 0 unspecified atom stereocenters. The average Bonchev–Trinajstić information content (AvgIpc) is 3.67. The third-order valence-corrected chi connectivity index (χ3v) is 11.2. The van der Waals surface area contributed by atoms with Crippen molar-refractivity contribution < 1.29 is 4.42 Å². The Labute approximate surface area is 325 Å². The van der Waals surface area contributed by atoms with E-state index in [0.717, 1.165) is 61.3 Å². The van der Waals surface area contributed by atoms with E-state index in [1.54, 1.807) is 0 Å². The summed E-state index contributed by atoms with van der Waals surface area (Å²) in [6.45, 7) is 0. The average molecular weight is 714 g/mol. The van der Waals surface area contributed by atoms with Crippen LogP contribution >= 0.6 is 0 Å². The van der Waals surface area contributed by atoms with Gasteiger partial charge in [0, 0.05) is 27.7 Å². The zero-order valence-electron chi connectivity index (χ0n) is 30.6. The highest BCUT2D eigenvalue weighted by molar-refractivity contribution is 6.19. The van der Waals surface area contributed by atoms with Crippen molar-refractivity contribution >= 4 is 71.3 Å². The van der Waals surface area contributed by atoms with Crippen molar-refractivity contribution in [2.24, 2.45) is 0 Å². The van der Waals surface area contributed by atoms with Crippen molar-refractivity contribution in [3.05, 3.63) is 212 Å². The summed E-state index contributed by atoms with van der Waals surface area (Å²) in [6.07, 6.45) is 0. The molecule has 11 rings (SSSR count). The molecule has 0 aliphatic heterocycles. The molecule has 1 aromatic heterocycles. The number of nitrogens with zero attached hydrogens (tertiary/aromatic N) is 1. The van der Waals surface area contributed by atoms with Gasteiger partial charge >= 0.3 is 0 Å². The highest BCUT2D eigenvalue weighted by Crippen LogP contribution is 2.44. The molecule has 0 N–H and O–H groups in total. The number of fused-ring (bicyclic) bond motifs is 8. The number of rotatable bonds is 6. The predicted molar refractivity (Wildman–Crippen MR) is 237 cm³/mol. The maximum Gasteiger partial charge on any atom is 0.136 e. The minimum Gasteiger partial charge on any atom is -0.456 e. The van der Waals surface area contributed by atoms with Gasteiger partial charge in [-0.15, -0.1) is 0 Å². The maximum absolute atomic E-state index is 6.27. The second kappa shape index (κ2) is 13.2. The third-order valence-electron chi connectivity index (χ3n) is 11.2. The summed E-state index contributed by atoms with van der Waals surface area (Å²) >= 11 is 0. The van der Waals surface area contributed by atoms with Crippen LogP contribution in [0.25, 0.3) is 87.6 Å². The molecule has 56 heavy (non-hydrogen) atoms. The van der Waals surface area contributed by atoms with E-state index in [0.29, 0.717) is 0 Å². The zero-order valence-corrected chi connectivity index (χ0v) is 30.6. The summed E-state index contributed by atoms with van der Waals surface area (Å²) < 4.78 is 6.27. The summed E-state index contributed by atoms with van der Waals surface area (Å²) in [5, 5.41) is 9.76. The van der Waals surface area contributed by atoms with E-state index in [9.17, 15) is 0 Å². The summed E-state index contributed by atoms with van der Waals surface area (Å²) in [5.41, 5.74) is 12.2. The molecule has 2 nitrogen and oxygen atoms in total. The van der Waals surface area contributed by atoms with Gasteiger partial charge in [0.1, 0.15) is 11.2 Å². The van der Waals surface area contributed by atoms with E-state index < -0.39 is 0 Å². The van der Waals surface area contributed by atoms with Gasteiger partial charge < -0.3 is 9.32 Å². The van der Waals surface area contributed by atoms with E-state index in [1.807, 2.05) is 12.1 Å². The van der Waals surface area contributed by atoms with Gasteiger partial charge in [-0.3, -0.25) is 0 Å². The Kier molecular flexibility index (Phi) is 7.53. The molecule has 0 atom stereocenters. The first kappa shape index (κ1) is 32.0. The van der Waals surface area contributed by atoms with Gasteiger partial charge in [-0.05, 0) is 121 Å². The Hall–Kier alpha value is -7.42. The van der Waals surface area contributed by atoms with Crippen LogP contribution in [0.3, 0.4) is 0 Å². The van der Waals surface area contributed by atoms with Crippen molar-refractivity contribution in [2.75, 3.05) is 4.90 Å². The number of furan rings is 1. The van der Waals surface area contributed by atoms with Crippen LogP contribution in [-0.2, 0) is 0 Å². The summed E-state index contributed by atoms with van der Waals surface area (Å²) in [5.74, 6) is 0. The molecule has 0 saturated heterocycles. The first-order valence-corrected chi connectivity index (χ1v) is 19.2. The molecule has 11 aromatic rings. The highest BCUT2D eigenvalue weighted by atomic mass is 16.3. The Balaban J connectivity index is 1.07. The van der Waals surface area contributed by atoms with Crippen molar-refractivity contribution in [3.63, 3.8) is 0 Å². The van der Waals surface area contributed by atoms with Crippen LogP contribution in [0.5, 0.6) is 0 Å². The number of hydrogen-bond donors (Lipinski definition) is 0. The second-order valence-electron chi connectivity index (χ2n) is 14.5. The lowest BCUT2D eigenvalue weighted by Gasteiger charge is -2.28. The van der Waals surface area contributed by atoms with E-state index in [2.05, 4.69) is 205 Å². The van der Waals surface area contributed by atoms with E-state index >= 15 is 0 Å². The lowest BCUT2D eigenvalue weighted by molar-refractivity contribution is 0.669. The van der Waals surface area contributed by atoms with Gasteiger partial charge in [0.25, 0.3) is 0 Å². The lowest BCUT2D eigenvalue weighted by Crippen LogP contribution is -2.11. The minimum absolute atomic E-state index is 0.912. The molecule has 0 aliphatic rings. The fourth-order valence-corrected chi connectivity index (χ4v) is 8.57. The molecular weight excluding hydrogens is 679 g/mol. The van der Waals surface area contributed by atoms with Crippen molar-refractivity contribution in [1.82, 2.24) is 0 Å². The molecule has 0 amide bonds. The Morgan fingerprint density at radius 2 is 0.893 bits per heavy atom. The molecule has 0 fully saturated rings. The van der Waals surface area contributed by atoms with Crippen LogP contribution in [0.1, 0.15) is 0 Å². The van der Waals surface area contributed by atoms with Crippen LogP contribution in [-0.4, -0.2) is 0 Å². The van der Waals surface area contributed by atoms with Crippen molar-refractivity contribution in [1.29, 1.82) is 0 Å². The molecule has 262 valence electrons. The van der Waals surface area contributed by atoms with Crippen LogP contribution in [0, 0.1) is 0 Å². The van der Waals surface area contributed by atoms with Crippen molar-refractivity contribution in [3.8, 4) is 33.4 Å². The molecule has 0 bridgehead atoms. The minimum atomic E-state index is 0.912. The zero-order chi connectivity index (χ0) is 37.0. The second-order valence-corrected chi connectivity index (χ2v) is 14.5. The summed E-state index contributed by atoms with van der Waals surface area (Å²) in [7, 11) is 0. The predicted octanol–water partition coefficient (Wildman–Crippen LogP) is 15.5. The molecule has 0 radical (unpaired) electrons. The van der Waals surface area contributed by atoms with Gasteiger partial charge in [-0.25, -0.2) is 0 Å². The van der Waals surface area contributed by atoms with Gasteiger partial charge in [-0.1, -0.05) is 152 Å². The molecule has 0 saturated carbocycles. The van der Waals surface area contributed by atoms with Crippen LogP contribution < -0.4 is 4.90 Å². The fourth-order valence-electron chi connectivity index (χ4n) is 8.57. The smallest absolute Gasteiger partial charge is 0.136 e. The van der Waals surface area contributed by atoms with Crippen molar-refractivity contribution in [2.45, 2.75) is 0 Å². The molecule has 10 aromatic carbocycles. The molecule has 0 spiro atoms. The fraction of sp³-hybridized carbons (Fsp3) is 0. The number of anilines is 3. The lowest BCUT2D eigenvalue weighted by atomic mass is 9.93. The topological polar surface area (TPSA) is 16.4 Å². The summed E-state index contributed by atoms with van der Waals surface area (Å²) in [6, 6.07) is 76.6. The van der Waals surface area contributed by atoms with Gasteiger partial charge in [0.15, 0.2) is 0 Å². The molecular formula is C54H35NO. The van der Waals surface area contributed by atoms with E-state index in [4.69, 9.17) is 4.42 Å². The van der Waals surface area contributed by atoms with E-state index in [1.165, 1.54) is 43.4 Å². The van der Waals surface area contributed by atoms with E-state index in [-0.39, 0.29) is 0 Å². The van der Waals surface area contributed by atoms with Gasteiger partial charge in [0.05, 0.1) is 5.69 Å². The maximum atomic E-state index is 6.27. The normalized spacial score (nSPS) is 11.6. The SMILES string of the molecule is c1ccc(-c2cc(-c3ccc4ccc5oc6ccccc6c5c4c3)ccc2N(c2ccccc2)c2ccc(-c3cc4ccccc4c4ccccc34)cc2)cc1. The highest BCUT2D eigenvalue weighted by Gasteiger charge is 2.19. The molecule has 0 aliphatic carbocycles. The van der Waals surface area contributed by atoms with Crippen LogP contribution in [0.4, 0.5) is 17.1 Å². The quantitative estimate of drug-likeness (QED) is 0.160. The number of para-hydroxylation sites is 2. The van der Waals surface area contributed by atoms with Crippen LogP contribution in [0.15, 0.2) is 217 Å². The molecule has 2 heteroatoms. The first-order chi connectivity index (χ1) is 27.8. The summed E-state index contributed by atoms with van der Waals surface area (Å²) in [4.78, 5) is 2.38. The van der Waals surface area contributed by atoms with Crippen LogP contribution in [0.2, 0.25) is 0 Å².